The number of halogens is 1. The van der Waals surface area contributed by atoms with E-state index in [2.05, 4.69) is 10.1 Å². The van der Waals surface area contributed by atoms with Gasteiger partial charge in [0.15, 0.2) is 0 Å². The van der Waals surface area contributed by atoms with Crippen molar-refractivity contribution >= 4 is 23.5 Å². The summed E-state index contributed by atoms with van der Waals surface area (Å²) in [4.78, 5) is 39.0. The number of carbonyl (C=O) groups is 3. The van der Waals surface area contributed by atoms with Gasteiger partial charge in [-0.2, -0.15) is 0 Å². The summed E-state index contributed by atoms with van der Waals surface area (Å²) in [6, 6.07) is 5.95. The minimum atomic E-state index is -0.905. The Hall–Kier alpha value is -2.64. The number of piperidine rings is 1. The van der Waals surface area contributed by atoms with Crippen LogP contribution in [0.4, 0.5) is 10.1 Å². The molecule has 7 nitrogen and oxygen atoms in total. The van der Waals surface area contributed by atoms with Crippen molar-refractivity contribution in [3.63, 3.8) is 0 Å². The van der Waals surface area contributed by atoms with Gasteiger partial charge in [0.05, 0.1) is 13.8 Å². The number of esters is 1. The van der Waals surface area contributed by atoms with Gasteiger partial charge in [0.2, 0.25) is 5.91 Å². The Morgan fingerprint density at radius 2 is 1.83 bits per heavy atom. The Balaban J connectivity index is 1.79. The first-order valence-corrected chi connectivity index (χ1v) is 7.67. The Labute approximate surface area is 138 Å². The number of carbonyl (C=O) groups excluding carboxylic acids is 3. The molecule has 2 heterocycles. The molecule has 2 aliphatic rings. The molecule has 1 spiro atoms. The maximum absolute atomic E-state index is 13.1. The van der Waals surface area contributed by atoms with Crippen molar-refractivity contribution in [2.75, 3.05) is 31.8 Å². The van der Waals surface area contributed by atoms with Gasteiger partial charge >= 0.3 is 11.9 Å². The van der Waals surface area contributed by atoms with Crippen LogP contribution in [0.5, 0.6) is 0 Å². The Morgan fingerprint density at radius 1 is 1.21 bits per heavy atom. The smallest absolute Gasteiger partial charge is 0.396 e. The Kier molecular flexibility index (Phi) is 4.13. The SMILES string of the molecule is COC(=O)C(=O)N1CCC2(CC1)C(=O)NCN2c1ccc(F)cc1. The summed E-state index contributed by atoms with van der Waals surface area (Å²) in [7, 11) is 1.16. The van der Waals surface area contributed by atoms with E-state index in [-0.39, 0.29) is 24.8 Å². The van der Waals surface area contributed by atoms with Crippen LogP contribution in [-0.2, 0) is 19.1 Å². The van der Waals surface area contributed by atoms with E-state index in [0.29, 0.717) is 19.5 Å². The van der Waals surface area contributed by atoms with Crippen molar-refractivity contribution in [2.45, 2.75) is 18.4 Å². The zero-order valence-electron chi connectivity index (χ0n) is 13.3. The van der Waals surface area contributed by atoms with Crippen LogP contribution >= 0.6 is 0 Å². The van der Waals surface area contributed by atoms with Crippen molar-refractivity contribution in [1.82, 2.24) is 10.2 Å². The maximum atomic E-state index is 13.1. The van der Waals surface area contributed by atoms with Crippen LogP contribution in [0.25, 0.3) is 0 Å². The highest BCUT2D eigenvalue weighted by atomic mass is 19.1. The molecule has 0 aromatic heterocycles. The van der Waals surface area contributed by atoms with Crippen LogP contribution in [0.3, 0.4) is 0 Å². The summed E-state index contributed by atoms with van der Waals surface area (Å²) in [6.45, 7) is 0.882. The number of methoxy groups -OCH3 is 1. The van der Waals surface area contributed by atoms with E-state index in [9.17, 15) is 18.8 Å². The van der Waals surface area contributed by atoms with Crippen LogP contribution in [0.1, 0.15) is 12.8 Å². The van der Waals surface area contributed by atoms with Crippen LogP contribution in [0.15, 0.2) is 24.3 Å². The molecule has 0 unspecified atom stereocenters. The first-order valence-electron chi connectivity index (χ1n) is 7.67. The number of anilines is 1. The number of amides is 2. The van der Waals surface area contributed by atoms with Gasteiger partial charge in [-0.25, -0.2) is 9.18 Å². The second-order valence-corrected chi connectivity index (χ2v) is 5.88. The fourth-order valence-electron chi connectivity index (χ4n) is 3.34. The van der Waals surface area contributed by atoms with Crippen LogP contribution in [-0.4, -0.2) is 55.1 Å². The second kappa shape index (κ2) is 6.10. The summed E-state index contributed by atoms with van der Waals surface area (Å²) >= 11 is 0. The zero-order valence-corrected chi connectivity index (χ0v) is 13.3. The first kappa shape index (κ1) is 16.2. The molecule has 2 saturated heterocycles. The lowest BCUT2D eigenvalue weighted by Gasteiger charge is -2.43. The highest BCUT2D eigenvalue weighted by molar-refractivity contribution is 6.32. The van der Waals surface area contributed by atoms with E-state index in [1.807, 2.05) is 4.90 Å². The zero-order chi connectivity index (χ0) is 17.3. The summed E-state index contributed by atoms with van der Waals surface area (Å²) in [6.07, 6.45) is 0.776. The number of benzene rings is 1. The van der Waals surface area contributed by atoms with Gasteiger partial charge in [0, 0.05) is 18.8 Å². The molecule has 8 heteroatoms. The van der Waals surface area contributed by atoms with Gasteiger partial charge in [-0.05, 0) is 37.1 Å². The topological polar surface area (TPSA) is 79.0 Å². The molecule has 0 atom stereocenters. The molecule has 1 N–H and O–H groups in total. The monoisotopic (exact) mass is 335 g/mol. The number of likely N-dealkylation sites (tertiary alicyclic amines) is 1. The van der Waals surface area contributed by atoms with Crippen molar-refractivity contribution in [1.29, 1.82) is 0 Å². The van der Waals surface area contributed by atoms with Gasteiger partial charge < -0.3 is 19.9 Å². The average Bonchev–Trinajstić information content (AvgIpc) is 2.91. The Bertz CT molecular complexity index is 668. The fourth-order valence-corrected chi connectivity index (χ4v) is 3.34. The maximum Gasteiger partial charge on any atom is 0.396 e. The number of nitrogens with zero attached hydrogens (tertiary/aromatic N) is 2. The third kappa shape index (κ3) is 2.57. The number of hydrogen-bond donors (Lipinski definition) is 1. The molecule has 2 aliphatic heterocycles. The fraction of sp³-hybridized carbons (Fsp3) is 0.438. The molecule has 1 aromatic carbocycles. The molecule has 0 bridgehead atoms. The third-order valence-corrected chi connectivity index (χ3v) is 4.71. The van der Waals surface area contributed by atoms with Gasteiger partial charge in [0.25, 0.3) is 0 Å². The van der Waals surface area contributed by atoms with E-state index in [4.69, 9.17) is 0 Å². The van der Waals surface area contributed by atoms with Gasteiger partial charge in [0.1, 0.15) is 11.4 Å². The van der Waals surface area contributed by atoms with Crippen molar-refractivity contribution < 1.29 is 23.5 Å². The van der Waals surface area contributed by atoms with Gasteiger partial charge in [-0.1, -0.05) is 0 Å². The van der Waals surface area contributed by atoms with Crippen LogP contribution < -0.4 is 10.2 Å². The minimum Gasteiger partial charge on any atom is -0.462 e. The van der Waals surface area contributed by atoms with E-state index < -0.39 is 17.4 Å². The van der Waals surface area contributed by atoms with Gasteiger partial charge in [-0.3, -0.25) is 9.59 Å². The number of rotatable bonds is 1. The van der Waals surface area contributed by atoms with Crippen molar-refractivity contribution in [2.24, 2.45) is 0 Å². The molecule has 24 heavy (non-hydrogen) atoms. The first-order chi connectivity index (χ1) is 11.5. The molecule has 1 aromatic rings. The molecule has 3 rings (SSSR count). The van der Waals surface area contributed by atoms with E-state index in [1.54, 1.807) is 12.1 Å². The highest BCUT2D eigenvalue weighted by Crippen LogP contribution is 2.36. The number of hydrogen-bond acceptors (Lipinski definition) is 5. The van der Waals surface area contributed by atoms with E-state index in [1.165, 1.54) is 17.0 Å². The predicted octanol–water partition coefficient (Wildman–Crippen LogP) is 0.254. The highest BCUT2D eigenvalue weighted by Gasteiger charge is 2.51. The van der Waals surface area contributed by atoms with Crippen molar-refractivity contribution in [3.05, 3.63) is 30.1 Å². The Morgan fingerprint density at radius 3 is 2.42 bits per heavy atom. The lowest BCUT2D eigenvalue weighted by Crippen LogP contribution is -2.58. The summed E-state index contributed by atoms with van der Waals surface area (Å²) in [5.74, 6) is -2.06. The lowest BCUT2D eigenvalue weighted by atomic mass is 9.85. The molecule has 0 saturated carbocycles. The summed E-state index contributed by atoms with van der Waals surface area (Å²) < 4.78 is 17.6. The molecule has 0 aliphatic carbocycles. The number of nitrogens with one attached hydrogen (secondary N) is 1. The molecule has 2 amide bonds. The van der Waals surface area contributed by atoms with Gasteiger partial charge in [-0.15, -0.1) is 0 Å². The number of ether oxygens (including phenoxy) is 1. The van der Waals surface area contributed by atoms with E-state index >= 15 is 0 Å². The quantitative estimate of drug-likeness (QED) is 0.588. The normalized spacial score (nSPS) is 19.3. The molecule has 0 radical (unpaired) electrons. The second-order valence-electron chi connectivity index (χ2n) is 5.88. The predicted molar refractivity (Wildman–Crippen MR) is 82.4 cm³/mol. The molecular formula is C16H18FN3O4. The summed E-state index contributed by atoms with van der Waals surface area (Å²) in [5.41, 5.74) is -0.0486. The molecular weight excluding hydrogens is 317 g/mol. The minimum absolute atomic E-state index is 0.114. The summed E-state index contributed by atoms with van der Waals surface area (Å²) in [5, 5.41) is 2.82. The molecule has 2 fully saturated rings. The van der Waals surface area contributed by atoms with Crippen LogP contribution in [0.2, 0.25) is 0 Å². The van der Waals surface area contributed by atoms with Crippen LogP contribution in [0, 0.1) is 5.82 Å². The lowest BCUT2D eigenvalue weighted by molar-refractivity contribution is -0.159. The van der Waals surface area contributed by atoms with Crippen molar-refractivity contribution in [3.8, 4) is 0 Å². The average molecular weight is 335 g/mol. The molecule has 128 valence electrons. The third-order valence-electron chi connectivity index (χ3n) is 4.71. The van der Waals surface area contributed by atoms with E-state index in [0.717, 1.165) is 12.8 Å². The largest absolute Gasteiger partial charge is 0.462 e. The standard InChI is InChI=1S/C16H18FN3O4/c1-24-14(22)13(21)19-8-6-16(7-9-19)15(23)18-10-20(16)12-4-2-11(17)3-5-12/h2-5H,6-10H2,1H3,(H,18,23).